The van der Waals surface area contributed by atoms with Crippen molar-refractivity contribution in [2.75, 3.05) is 0 Å². The highest BCUT2D eigenvalue weighted by molar-refractivity contribution is 5.66. The van der Waals surface area contributed by atoms with Crippen molar-refractivity contribution in [3.8, 4) is 0 Å². The summed E-state index contributed by atoms with van der Waals surface area (Å²) in [5.74, 6) is 0.121. The van der Waals surface area contributed by atoms with E-state index in [0.717, 1.165) is 18.8 Å². The van der Waals surface area contributed by atoms with Gasteiger partial charge in [0.05, 0.1) is 0 Å². The summed E-state index contributed by atoms with van der Waals surface area (Å²) in [6.07, 6.45) is 20.1. The molecule has 1 atom stereocenters. The van der Waals surface area contributed by atoms with Crippen molar-refractivity contribution < 1.29 is 9.90 Å². The van der Waals surface area contributed by atoms with Crippen molar-refractivity contribution >= 4 is 5.97 Å². The SMILES string of the molecule is O=C(O)CCCCCCC/C=C\CC1C=CCC1. The Labute approximate surface area is 111 Å². The van der Waals surface area contributed by atoms with E-state index in [1.54, 1.807) is 0 Å². The van der Waals surface area contributed by atoms with Crippen molar-refractivity contribution in [3.63, 3.8) is 0 Å². The second-order valence-electron chi connectivity index (χ2n) is 5.17. The van der Waals surface area contributed by atoms with Gasteiger partial charge in [-0.2, -0.15) is 0 Å². The predicted octanol–water partition coefficient (Wildman–Crippen LogP) is 4.71. The van der Waals surface area contributed by atoms with Crippen molar-refractivity contribution in [1.82, 2.24) is 0 Å². The van der Waals surface area contributed by atoms with Crippen LogP contribution in [0.2, 0.25) is 0 Å². The lowest BCUT2D eigenvalue weighted by atomic mass is 10.0. The number of hydrogen-bond acceptors (Lipinski definition) is 1. The Hall–Kier alpha value is -1.05. The molecule has 0 aromatic carbocycles. The number of carbonyl (C=O) groups is 1. The van der Waals surface area contributed by atoms with Crippen LogP contribution in [-0.2, 0) is 4.79 Å². The van der Waals surface area contributed by atoms with Crippen LogP contribution in [0, 0.1) is 5.92 Å². The van der Waals surface area contributed by atoms with Gasteiger partial charge in [-0.1, -0.05) is 43.6 Å². The second-order valence-corrected chi connectivity index (χ2v) is 5.17. The van der Waals surface area contributed by atoms with Gasteiger partial charge in [-0.05, 0) is 44.4 Å². The maximum Gasteiger partial charge on any atom is 0.303 e. The molecule has 2 heteroatoms. The number of carboxylic acid groups (broad SMARTS) is 1. The van der Waals surface area contributed by atoms with Gasteiger partial charge in [0, 0.05) is 6.42 Å². The Balaban J connectivity index is 1.81. The van der Waals surface area contributed by atoms with E-state index in [1.807, 2.05) is 0 Å². The average molecular weight is 250 g/mol. The smallest absolute Gasteiger partial charge is 0.303 e. The molecule has 2 nitrogen and oxygen atoms in total. The van der Waals surface area contributed by atoms with Gasteiger partial charge in [0.15, 0.2) is 0 Å². The summed E-state index contributed by atoms with van der Waals surface area (Å²) in [6, 6.07) is 0. The highest BCUT2D eigenvalue weighted by Crippen LogP contribution is 2.20. The number of aliphatic carboxylic acids is 1. The summed E-state index contributed by atoms with van der Waals surface area (Å²) in [6.45, 7) is 0. The van der Waals surface area contributed by atoms with E-state index < -0.39 is 5.97 Å². The Kier molecular flexibility index (Phi) is 8.28. The zero-order valence-electron chi connectivity index (χ0n) is 11.3. The molecular weight excluding hydrogens is 224 g/mol. The molecule has 1 unspecified atom stereocenters. The van der Waals surface area contributed by atoms with Crippen LogP contribution < -0.4 is 0 Å². The first kappa shape index (κ1) is 15.0. The fourth-order valence-corrected chi connectivity index (χ4v) is 2.35. The minimum absolute atomic E-state index is 0.328. The Morgan fingerprint density at radius 3 is 2.67 bits per heavy atom. The van der Waals surface area contributed by atoms with Crippen molar-refractivity contribution in [2.24, 2.45) is 5.92 Å². The zero-order chi connectivity index (χ0) is 13.1. The van der Waals surface area contributed by atoms with Gasteiger partial charge in [0.1, 0.15) is 0 Å². The lowest BCUT2D eigenvalue weighted by molar-refractivity contribution is -0.137. The molecular formula is C16H26O2. The monoisotopic (exact) mass is 250 g/mol. The van der Waals surface area contributed by atoms with Gasteiger partial charge in [-0.25, -0.2) is 0 Å². The van der Waals surface area contributed by atoms with Crippen LogP contribution in [0.25, 0.3) is 0 Å². The van der Waals surface area contributed by atoms with E-state index in [0.29, 0.717) is 6.42 Å². The second kappa shape index (κ2) is 9.93. The fourth-order valence-electron chi connectivity index (χ4n) is 2.35. The molecule has 0 heterocycles. The Morgan fingerprint density at radius 2 is 1.94 bits per heavy atom. The predicted molar refractivity (Wildman–Crippen MR) is 75.6 cm³/mol. The lowest BCUT2D eigenvalue weighted by Gasteiger charge is -2.01. The van der Waals surface area contributed by atoms with Crippen LogP contribution in [0.5, 0.6) is 0 Å². The van der Waals surface area contributed by atoms with E-state index in [9.17, 15) is 4.79 Å². The van der Waals surface area contributed by atoms with Gasteiger partial charge >= 0.3 is 5.97 Å². The maximum atomic E-state index is 10.3. The normalized spacial score (nSPS) is 18.8. The molecule has 0 fully saturated rings. The van der Waals surface area contributed by atoms with Crippen LogP contribution >= 0.6 is 0 Å². The number of rotatable bonds is 10. The lowest BCUT2D eigenvalue weighted by Crippen LogP contribution is -1.93. The Bertz CT molecular complexity index is 279. The molecule has 0 saturated heterocycles. The van der Waals surface area contributed by atoms with E-state index in [1.165, 1.54) is 44.9 Å². The van der Waals surface area contributed by atoms with E-state index >= 15 is 0 Å². The van der Waals surface area contributed by atoms with Crippen LogP contribution in [0.4, 0.5) is 0 Å². The third-order valence-electron chi connectivity index (χ3n) is 3.48. The van der Waals surface area contributed by atoms with Gasteiger partial charge in [0.25, 0.3) is 0 Å². The van der Waals surface area contributed by atoms with Gasteiger partial charge in [-0.15, -0.1) is 0 Å². The molecule has 0 aromatic rings. The van der Waals surface area contributed by atoms with Gasteiger partial charge < -0.3 is 5.11 Å². The summed E-state index contributed by atoms with van der Waals surface area (Å²) in [5.41, 5.74) is 0. The van der Waals surface area contributed by atoms with Gasteiger partial charge in [0.2, 0.25) is 0 Å². The third kappa shape index (κ3) is 8.10. The summed E-state index contributed by atoms with van der Waals surface area (Å²) < 4.78 is 0. The number of allylic oxidation sites excluding steroid dienone is 4. The number of carboxylic acids is 1. The highest BCUT2D eigenvalue weighted by atomic mass is 16.4. The average Bonchev–Trinajstić information content (AvgIpc) is 2.84. The van der Waals surface area contributed by atoms with Crippen molar-refractivity contribution in [1.29, 1.82) is 0 Å². The van der Waals surface area contributed by atoms with Crippen LogP contribution in [0.15, 0.2) is 24.3 Å². The third-order valence-corrected chi connectivity index (χ3v) is 3.48. The van der Waals surface area contributed by atoms with E-state index in [4.69, 9.17) is 5.11 Å². The van der Waals surface area contributed by atoms with Gasteiger partial charge in [-0.3, -0.25) is 4.79 Å². The molecule has 0 saturated carbocycles. The molecule has 0 spiro atoms. The molecule has 1 aliphatic carbocycles. The minimum Gasteiger partial charge on any atom is -0.481 e. The Morgan fingerprint density at radius 1 is 1.17 bits per heavy atom. The fraction of sp³-hybridized carbons (Fsp3) is 0.688. The first-order valence-corrected chi connectivity index (χ1v) is 7.32. The van der Waals surface area contributed by atoms with E-state index in [2.05, 4.69) is 24.3 Å². The summed E-state index contributed by atoms with van der Waals surface area (Å²) in [5, 5.41) is 8.49. The molecule has 0 radical (unpaired) electrons. The first-order valence-electron chi connectivity index (χ1n) is 7.32. The summed E-state index contributed by atoms with van der Waals surface area (Å²) >= 11 is 0. The minimum atomic E-state index is -0.668. The molecule has 1 N–H and O–H groups in total. The summed E-state index contributed by atoms with van der Waals surface area (Å²) in [4.78, 5) is 10.3. The number of unbranched alkanes of at least 4 members (excludes halogenated alkanes) is 5. The highest BCUT2D eigenvalue weighted by Gasteiger charge is 2.05. The van der Waals surface area contributed by atoms with Crippen molar-refractivity contribution in [2.45, 2.75) is 64.2 Å². The molecule has 0 aromatic heterocycles. The van der Waals surface area contributed by atoms with Crippen LogP contribution in [0.1, 0.15) is 64.2 Å². The number of hydrogen-bond donors (Lipinski definition) is 1. The molecule has 18 heavy (non-hydrogen) atoms. The molecule has 102 valence electrons. The first-order chi connectivity index (χ1) is 8.79. The quantitative estimate of drug-likeness (QED) is 0.450. The molecule has 1 rings (SSSR count). The molecule has 1 aliphatic rings. The summed E-state index contributed by atoms with van der Waals surface area (Å²) in [7, 11) is 0. The standard InChI is InChI=1S/C16H26O2/c17-16(18)14-8-6-4-2-1-3-5-7-11-15-12-9-10-13-15/h5,7,9,12,15H,1-4,6,8,10-11,13-14H2,(H,17,18)/b7-5-. The largest absolute Gasteiger partial charge is 0.481 e. The van der Waals surface area contributed by atoms with Crippen LogP contribution in [0.3, 0.4) is 0 Å². The molecule has 0 amide bonds. The van der Waals surface area contributed by atoms with Crippen LogP contribution in [-0.4, -0.2) is 11.1 Å². The van der Waals surface area contributed by atoms with Crippen molar-refractivity contribution in [3.05, 3.63) is 24.3 Å². The molecule has 0 aliphatic heterocycles. The zero-order valence-corrected chi connectivity index (χ0v) is 11.3. The topological polar surface area (TPSA) is 37.3 Å². The van der Waals surface area contributed by atoms with E-state index in [-0.39, 0.29) is 0 Å². The maximum absolute atomic E-state index is 10.3. The molecule has 0 bridgehead atoms.